The molecule has 152 valence electrons. The van der Waals surface area contributed by atoms with Crippen LogP contribution in [-0.2, 0) is 14.3 Å². The highest BCUT2D eigenvalue weighted by Crippen LogP contribution is 2.28. The van der Waals surface area contributed by atoms with E-state index in [1.165, 1.54) is 6.08 Å². The summed E-state index contributed by atoms with van der Waals surface area (Å²) in [5.74, 6) is -0.494. The molecule has 28 heavy (non-hydrogen) atoms. The van der Waals surface area contributed by atoms with Gasteiger partial charge in [-0.3, -0.25) is 4.79 Å². The van der Waals surface area contributed by atoms with Crippen LogP contribution in [0.3, 0.4) is 0 Å². The van der Waals surface area contributed by atoms with E-state index in [1.807, 2.05) is 30.3 Å². The fourth-order valence-corrected chi connectivity index (χ4v) is 2.74. The van der Waals surface area contributed by atoms with Crippen molar-refractivity contribution in [3.63, 3.8) is 0 Å². The number of alkyl carbamates (subject to hydrolysis) is 1. The Labute approximate surface area is 165 Å². The van der Waals surface area contributed by atoms with Gasteiger partial charge in [-0.15, -0.1) is 0 Å². The molecule has 0 bridgehead atoms. The Balaban J connectivity index is 2.33. The quantitative estimate of drug-likeness (QED) is 0.847. The highest BCUT2D eigenvalue weighted by molar-refractivity contribution is 6.01. The molecule has 7 nitrogen and oxygen atoms in total. The minimum absolute atomic E-state index is 0.494. The lowest BCUT2D eigenvalue weighted by Crippen LogP contribution is -2.49. The minimum atomic E-state index is -0.764. The number of nitrogens with one attached hydrogen (secondary N) is 1. The molecular formula is C21H28N2O5. The second kappa shape index (κ2) is 8.04. The molecule has 1 aromatic rings. The second-order valence-electron chi connectivity index (χ2n) is 8.57. The fourth-order valence-electron chi connectivity index (χ4n) is 2.74. The Kier molecular flexibility index (Phi) is 6.17. The summed E-state index contributed by atoms with van der Waals surface area (Å²) in [7, 11) is 0. The number of benzene rings is 1. The average molecular weight is 388 g/mol. The van der Waals surface area contributed by atoms with Gasteiger partial charge in [-0.1, -0.05) is 36.4 Å². The summed E-state index contributed by atoms with van der Waals surface area (Å²) < 4.78 is 10.7. The number of carbonyl (C=O) groups is 3. The molecule has 0 spiro atoms. The minimum Gasteiger partial charge on any atom is -0.444 e. The smallest absolute Gasteiger partial charge is 0.417 e. The third kappa shape index (κ3) is 5.84. The SMILES string of the molecule is CC(C)(C)OC(=O)N[C@H](c1ccccc1)[C@H]1C=CC(=O)N1C(=O)OC(C)(C)C. The largest absolute Gasteiger partial charge is 0.444 e. The van der Waals surface area contributed by atoms with E-state index < -0.39 is 41.4 Å². The van der Waals surface area contributed by atoms with Crippen molar-refractivity contribution in [1.29, 1.82) is 0 Å². The van der Waals surface area contributed by atoms with Crippen molar-refractivity contribution in [3.05, 3.63) is 48.0 Å². The second-order valence-corrected chi connectivity index (χ2v) is 8.57. The number of hydrogen-bond acceptors (Lipinski definition) is 5. The van der Waals surface area contributed by atoms with Gasteiger partial charge < -0.3 is 14.8 Å². The van der Waals surface area contributed by atoms with Gasteiger partial charge in [0.1, 0.15) is 11.2 Å². The topological polar surface area (TPSA) is 84.9 Å². The highest BCUT2D eigenvalue weighted by Gasteiger charge is 2.40. The van der Waals surface area contributed by atoms with Crippen LogP contribution in [0.4, 0.5) is 9.59 Å². The monoisotopic (exact) mass is 388 g/mol. The molecule has 1 aromatic carbocycles. The summed E-state index contributed by atoms with van der Waals surface area (Å²) in [5.41, 5.74) is -0.714. The van der Waals surface area contributed by atoms with Crippen molar-refractivity contribution < 1.29 is 23.9 Å². The van der Waals surface area contributed by atoms with Crippen LogP contribution in [-0.4, -0.2) is 40.2 Å². The van der Waals surface area contributed by atoms with Gasteiger partial charge in [0.25, 0.3) is 5.91 Å². The molecule has 0 aliphatic carbocycles. The van der Waals surface area contributed by atoms with E-state index >= 15 is 0 Å². The highest BCUT2D eigenvalue weighted by atomic mass is 16.6. The van der Waals surface area contributed by atoms with E-state index in [2.05, 4.69) is 5.32 Å². The van der Waals surface area contributed by atoms with Gasteiger partial charge in [0.2, 0.25) is 0 Å². The maximum absolute atomic E-state index is 12.6. The van der Waals surface area contributed by atoms with Crippen LogP contribution in [0.5, 0.6) is 0 Å². The van der Waals surface area contributed by atoms with E-state index in [0.29, 0.717) is 0 Å². The summed E-state index contributed by atoms with van der Waals surface area (Å²) in [6, 6.07) is 7.67. The van der Waals surface area contributed by atoms with Crippen molar-refractivity contribution in [1.82, 2.24) is 10.2 Å². The molecule has 7 heteroatoms. The molecule has 1 aliphatic heterocycles. The summed E-state index contributed by atoms with van der Waals surface area (Å²) in [5, 5.41) is 2.79. The first-order valence-corrected chi connectivity index (χ1v) is 9.16. The predicted molar refractivity (Wildman–Crippen MR) is 105 cm³/mol. The zero-order valence-electron chi connectivity index (χ0n) is 17.2. The first-order valence-electron chi connectivity index (χ1n) is 9.16. The third-order valence-corrected chi connectivity index (χ3v) is 3.73. The molecule has 1 heterocycles. The number of amides is 3. The molecule has 2 rings (SSSR count). The van der Waals surface area contributed by atoms with Crippen molar-refractivity contribution in [2.75, 3.05) is 0 Å². The van der Waals surface area contributed by atoms with Gasteiger partial charge in [-0.2, -0.15) is 0 Å². The van der Waals surface area contributed by atoms with E-state index in [9.17, 15) is 14.4 Å². The number of nitrogens with zero attached hydrogens (tertiary/aromatic N) is 1. The zero-order valence-corrected chi connectivity index (χ0v) is 17.2. The maximum Gasteiger partial charge on any atom is 0.417 e. The lowest BCUT2D eigenvalue weighted by atomic mass is 9.99. The number of carbonyl (C=O) groups excluding carboxylic acids is 3. The summed E-state index contributed by atoms with van der Waals surface area (Å²) in [4.78, 5) is 38.4. The average Bonchev–Trinajstić information content (AvgIpc) is 2.91. The summed E-state index contributed by atoms with van der Waals surface area (Å²) in [6.07, 6.45) is 1.49. The normalized spacial score (nSPS) is 18.0. The molecule has 0 aromatic heterocycles. The third-order valence-electron chi connectivity index (χ3n) is 3.73. The van der Waals surface area contributed by atoms with Crippen LogP contribution in [0, 0.1) is 0 Å². The molecule has 0 saturated carbocycles. The summed E-state index contributed by atoms with van der Waals surface area (Å²) >= 11 is 0. The standard InChI is InChI=1S/C21H28N2O5/c1-20(2,3)27-18(25)22-17(14-10-8-7-9-11-14)15-12-13-16(24)23(15)19(26)28-21(4,5)6/h7-13,15,17H,1-6H3,(H,22,25)/t15-,17-/m1/s1. The predicted octanol–water partition coefficient (Wildman–Crippen LogP) is 3.95. The van der Waals surface area contributed by atoms with Crippen LogP contribution < -0.4 is 5.32 Å². The fraction of sp³-hybridized carbons (Fsp3) is 0.476. The number of ether oxygens (including phenoxy) is 2. The molecule has 1 N–H and O–H groups in total. The van der Waals surface area contributed by atoms with Crippen LogP contribution in [0.1, 0.15) is 53.1 Å². The first kappa shape index (κ1) is 21.5. The lowest BCUT2D eigenvalue weighted by Gasteiger charge is -2.33. The van der Waals surface area contributed by atoms with E-state index in [4.69, 9.17) is 9.47 Å². The molecule has 2 atom stereocenters. The number of hydrogen-bond donors (Lipinski definition) is 1. The molecule has 0 unspecified atom stereocenters. The van der Waals surface area contributed by atoms with Crippen molar-refractivity contribution in [3.8, 4) is 0 Å². The molecule has 0 fully saturated rings. The van der Waals surface area contributed by atoms with Crippen molar-refractivity contribution >= 4 is 18.1 Å². The van der Waals surface area contributed by atoms with Gasteiger partial charge in [0.05, 0.1) is 12.1 Å². The van der Waals surface area contributed by atoms with Crippen LogP contribution in [0.2, 0.25) is 0 Å². The van der Waals surface area contributed by atoms with E-state index in [1.54, 1.807) is 47.6 Å². The van der Waals surface area contributed by atoms with Gasteiger partial charge in [0.15, 0.2) is 0 Å². The van der Waals surface area contributed by atoms with Crippen molar-refractivity contribution in [2.24, 2.45) is 0 Å². The van der Waals surface area contributed by atoms with E-state index in [0.717, 1.165) is 10.5 Å². The molecule has 1 aliphatic rings. The Morgan fingerprint density at radius 1 is 1.00 bits per heavy atom. The van der Waals surface area contributed by atoms with Crippen LogP contribution in [0.25, 0.3) is 0 Å². The van der Waals surface area contributed by atoms with Gasteiger partial charge in [0, 0.05) is 6.08 Å². The maximum atomic E-state index is 12.6. The zero-order chi connectivity index (χ0) is 21.1. The Morgan fingerprint density at radius 2 is 1.57 bits per heavy atom. The van der Waals surface area contributed by atoms with Gasteiger partial charge in [-0.25, -0.2) is 14.5 Å². The molecule has 0 saturated heterocycles. The molecule has 3 amide bonds. The number of imide groups is 1. The molecule has 0 radical (unpaired) electrons. The van der Waals surface area contributed by atoms with E-state index in [-0.39, 0.29) is 0 Å². The number of rotatable bonds is 3. The lowest BCUT2D eigenvalue weighted by molar-refractivity contribution is -0.125. The Hall–Kier alpha value is -2.83. The Morgan fingerprint density at radius 3 is 2.11 bits per heavy atom. The van der Waals surface area contributed by atoms with Crippen molar-refractivity contribution in [2.45, 2.75) is 64.8 Å². The van der Waals surface area contributed by atoms with Gasteiger partial charge >= 0.3 is 12.2 Å². The van der Waals surface area contributed by atoms with Crippen LogP contribution in [0.15, 0.2) is 42.5 Å². The Bertz CT molecular complexity index is 759. The van der Waals surface area contributed by atoms with Gasteiger partial charge in [-0.05, 0) is 47.1 Å². The molecular weight excluding hydrogens is 360 g/mol. The summed E-state index contributed by atoms with van der Waals surface area (Å²) in [6.45, 7) is 10.5. The first-order chi connectivity index (χ1) is 12.9. The van der Waals surface area contributed by atoms with Crippen LogP contribution >= 0.6 is 0 Å².